The van der Waals surface area contributed by atoms with E-state index >= 15 is 0 Å². The third-order valence-electron chi connectivity index (χ3n) is 6.27. The molecule has 2 fully saturated rings. The fourth-order valence-corrected chi connectivity index (χ4v) is 7.24. The quantitative estimate of drug-likeness (QED) is 0.196. The molecule has 214 valence electrons. The van der Waals surface area contributed by atoms with Crippen molar-refractivity contribution in [1.82, 2.24) is 9.55 Å². The number of anilines is 1. The molecule has 4 unspecified atom stereocenters. The molecule has 0 bridgehead atoms. The van der Waals surface area contributed by atoms with Crippen molar-refractivity contribution in [3.05, 3.63) is 98.8 Å². The van der Waals surface area contributed by atoms with E-state index in [0.29, 0.717) is 17.7 Å². The average molecular weight is 595 g/mol. The van der Waals surface area contributed by atoms with Crippen molar-refractivity contribution < 1.29 is 42.0 Å². The van der Waals surface area contributed by atoms with Gasteiger partial charge in [0.25, 0.3) is 5.56 Å². The van der Waals surface area contributed by atoms with E-state index in [1.807, 2.05) is 30.3 Å². The van der Waals surface area contributed by atoms with Gasteiger partial charge < -0.3 is 29.7 Å². The third kappa shape index (κ3) is 6.87. The van der Waals surface area contributed by atoms with Gasteiger partial charge in [0.05, 0.1) is 12.8 Å². The Morgan fingerprint density at radius 1 is 0.925 bits per heavy atom. The Balaban J connectivity index is 1.29. The number of ether oxygens (including phenoxy) is 3. The second-order valence-corrected chi connectivity index (χ2v) is 12.7. The lowest BCUT2D eigenvalue weighted by Gasteiger charge is -2.22. The molecule has 2 aliphatic heterocycles. The van der Waals surface area contributed by atoms with Crippen molar-refractivity contribution >= 4 is 21.1 Å². The number of hydrogen-bond donors (Lipinski definition) is 4. The molecule has 14 nitrogen and oxygen atoms in total. The number of phosphoric acid groups is 1. The maximum atomic E-state index is 12.6. The minimum atomic E-state index is -5.06. The van der Waals surface area contributed by atoms with Gasteiger partial charge in [-0.1, -0.05) is 42.5 Å². The second-order valence-electron chi connectivity index (χ2n) is 9.29. The first-order chi connectivity index (χ1) is 19.0. The predicted molar refractivity (Wildman–Crippen MR) is 140 cm³/mol. The number of hydrogen-bond acceptors (Lipinski definition) is 10. The Hall–Kier alpha value is -2.90. The van der Waals surface area contributed by atoms with Crippen LogP contribution in [0.5, 0.6) is 0 Å². The van der Waals surface area contributed by atoms with Gasteiger partial charge in [0.2, 0.25) is 0 Å². The van der Waals surface area contributed by atoms with Gasteiger partial charge in [-0.05, 0) is 23.3 Å². The van der Waals surface area contributed by atoms with Gasteiger partial charge in [-0.15, -0.1) is 0 Å². The topological polar surface area (TPSA) is 202 Å². The van der Waals surface area contributed by atoms with Crippen LogP contribution in [-0.4, -0.2) is 50.5 Å². The molecular weight excluding hydrogens is 568 g/mol. The zero-order chi connectivity index (χ0) is 28.5. The summed E-state index contributed by atoms with van der Waals surface area (Å²) in [7, 11) is -9.67. The van der Waals surface area contributed by atoms with Crippen LogP contribution in [0.1, 0.15) is 17.4 Å². The molecule has 2 aromatic carbocycles. The fraction of sp³-hybridized carbons (Fsp3) is 0.333. The summed E-state index contributed by atoms with van der Waals surface area (Å²) in [6, 6.07) is 16.5. The van der Waals surface area contributed by atoms with Gasteiger partial charge in [-0.3, -0.25) is 23.4 Å². The molecule has 2 saturated heterocycles. The summed E-state index contributed by atoms with van der Waals surface area (Å²) in [6.45, 7) is -0.604. The number of aromatic amines is 1. The summed E-state index contributed by atoms with van der Waals surface area (Å²) in [5, 5.41) is 0. The minimum Gasteiger partial charge on any atom is -0.399 e. The van der Waals surface area contributed by atoms with Crippen LogP contribution in [0.4, 0.5) is 5.69 Å². The largest absolute Gasteiger partial charge is 0.479 e. The summed E-state index contributed by atoms with van der Waals surface area (Å²) < 4.78 is 53.9. The Kier molecular flexibility index (Phi) is 8.25. The number of H-pyrrole nitrogens is 1. The standard InChI is InChI=1S/C24H27N3O11P2/c25-17-8-6-16(7-9-17)14-39(30,31)38-40(32,33)34-13-18-21-22(23(35-18)27-11-10-19(28)26-24(27)29)37-20(36-21)12-15-4-2-1-3-5-15/h1-11,18,20-23H,12-14,25H2,(H,30,31)(H,32,33)(H,26,28,29)/t18-,20?,21?,22+,23-/m1/s1. The molecule has 0 saturated carbocycles. The molecule has 1 aromatic heterocycles. The molecule has 2 aliphatic rings. The number of rotatable bonds is 10. The normalized spacial score (nSPS) is 27.1. The molecule has 16 heteroatoms. The molecule has 0 aliphatic carbocycles. The average Bonchev–Trinajstić information content (AvgIpc) is 3.43. The number of aromatic nitrogens is 2. The van der Waals surface area contributed by atoms with Crippen molar-refractivity contribution in [2.24, 2.45) is 0 Å². The van der Waals surface area contributed by atoms with Crippen LogP contribution in [-0.2, 0) is 44.8 Å². The van der Waals surface area contributed by atoms with Crippen LogP contribution in [0.25, 0.3) is 0 Å². The first-order valence-corrected chi connectivity index (χ1v) is 15.4. The Bertz CT molecular complexity index is 1550. The van der Waals surface area contributed by atoms with Gasteiger partial charge in [-0.2, -0.15) is 0 Å². The predicted octanol–water partition coefficient (Wildman–Crippen LogP) is 1.89. The van der Waals surface area contributed by atoms with Gasteiger partial charge in [0, 0.05) is 24.4 Å². The summed E-state index contributed by atoms with van der Waals surface area (Å²) >= 11 is 0. The van der Waals surface area contributed by atoms with Crippen LogP contribution >= 0.6 is 15.4 Å². The maximum Gasteiger partial charge on any atom is 0.479 e. The van der Waals surface area contributed by atoms with E-state index in [9.17, 15) is 28.5 Å². The van der Waals surface area contributed by atoms with E-state index in [2.05, 4.69) is 9.29 Å². The summed E-state index contributed by atoms with van der Waals surface area (Å²) in [5.41, 5.74) is 5.96. The maximum absolute atomic E-state index is 12.6. The van der Waals surface area contributed by atoms with E-state index < -0.39 is 70.3 Å². The van der Waals surface area contributed by atoms with Crippen LogP contribution in [0.3, 0.4) is 0 Å². The Labute approximate surface area is 227 Å². The molecule has 7 atom stereocenters. The van der Waals surface area contributed by atoms with E-state index in [1.165, 1.54) is 30.5 Å². The van der Waals surface area contributed by atoms with Crippen molar-refractivity contribution in [2.75, 3.05) is 12.3 Å². The zero-order valence-corrected chi connectivity index (χ0v) is 22.6. The first kappa shape index (κ1) is 28.6. The molecule has 3 aromatic rings. The van der Waals surface area contributed by atoms with E-state index in [0.717, 1.165) is 16.2 Å². The van der Waals surface area contributed by atoms with Gasteiger partial charge >= 0.3 is 21.1 Å². The fourth-order valence-electron chi connectivity index (χ4n) is 4.52. The first-order valence-electron chi connectivity index (χ1n) is 12.1. The van der Waals surface area contributed by atoms with Crippen molar-refractivity contribution in [3.8, 4) is 0 Å². The number of nitrogens with one attached hydrogen (secondary N) is 1. The SMILES string of the molecule is Nc1ccc(CP(=O)(O)OP(=O)(O)OC[C@H]2O[C@@H](n3ccc(=O)[nH]c3=O)[C@H]3OC(Cc4ccccc4)OC23)cc1. The van der Waals surface area contributed by atoms with Crippen LogP contribution in [0.2, 0.25) is 0 Å². The summed E-state index contributed by atoms with van der Waals surface area (Å²) in [6.07, 6.45) is -3.51. The highest BCUT2D eigenvalue weighted by Gasteiger charge is 2.54. The van der Waals surface area contributed by atoms with Crippen LogP contribution in [0.15, 0.2) is 76.4 Å². The number of nitrogens with zero attached hydrogens (tertiary/aromatic N) is 1. The molecule has 0 radical (unpaired) electrons. The molecule has 3 heterocycles. The minimum absolute atomic E-state index is 0.358. The second kappa shape index (κ2) is 11.5. The molecule has 0 amide bonds. The van der Waals surface area contributed by atoms with Crippen molar-refractivity contribution in [2.45, 2.75) is 43.4 Å². The van der Waals surface area contributed by atoms with Gasteiger partial charge in [-0.25, -0.2) is 13.7 Å². The third-order valence-corrected chi connectivity index (χ3v) is 9.35. The Morgan fingerprint density at radius 2 is 1.62 bits per heavy atom. The van der Waals surface area contributed by atoms with Crippen LogP contribution < -0.4 is 17.0 Å². The van der Waals surface area contributed by atoms with Gasteiger partial charge in [0.1, 0.15) is 18.3 Å². The highest BCUT2D eigenvalue weighted by atomic mass is 31.3. The summed E-state index contributed by atoms with van der Waals surface area (Å²) in [5.74, 6) is 0. The van der Waals surface area contributed by atoms with Gasteiger partial charge in [0.15, 0.2) is 12.5 Å². The molecule has 0 spiro atoms. The molecule has 5 rings (SSSR count). The smallest absolute Gasteiger partial charge is 0.399 e. The highest BCUT2D eigenvalue weighted by molar-refractivity contribution is 7.63. The number of benzene rings is 2. The van der Waals surface area contributed by atoms with E-state index in [4.69, 9.17) is 24.5 Å². The molecule has 40 heavy (non-hydrogen) atoms. The number of nitrogens with two attached hydrogens (primary N) is 1. The molecular formula is C24H27N3O11P2. The number of phosphoric ester groups is 1. The lowest BCUT2D eigenvalue weighted by molar-refractivity contribution is -0.150. The van der Waals surface area contributed by atoms with E-state index in [-0.39, 0.29) is 0 Å². The highest BCUT2D eigenvalue weighted by Crippen LogP contribution is 2.61. The number of nitrogen functional groups attached to an aromatic ring is 1. The van der Waals surface area contributed by atoms with Crippen molar-refractivity contribution in [1.29, 1.82) is 0 Å². The lowest BCUT2D eigenvalue weighted by Crippen LogP contribution is -2.36. The summed E-state index contributed by atoms with van der Waals surface area (Å²) in [4.78, 5) is 46.6. The number of fused-ring (bicyclic) bond motifs is 1. The lowest BCUT2D eigenvalue weighted by atomic mass is 10.1. The van der Waals surface area contributed by atoms with Crippen molar-refractivity contribution in [3.63, 3.8) is 0 Å². The van der Waals surface area contributed by atoms with Crippen LogP contribution in [0, 0.1) is 0 Å². The zero-order valence-electron chi connectivity index (χ0n) is 20.8. The van der Waals surface area contributed by atoms with E-state index in [1.54, 1.807) is 0 Å². The molecule has 5 N–H and O–H groups in total. The monoisotopic (exact) mass is 595 g/mol. The Morgan fingerprint density at radius 3 is 2.33 bits per heavy atom.